The molecule has 0 saturated heterocycles. The molecule has 1 N–H and O–H groups in total. The summed E-state index contributed by atoms with van der Waals surface area (Å²) in [7, 11) is 0. The number of nitrogens with zero attached hydrogens (tertiary/aromatic N) is 2. The second-order valence-corrected chi connectivity index (χ2v) is 6.52. The van der Waals surface area contributed by atoms with Crippen molar-refractivity contribution in [1.29, 1.82) is 0 Å². The maximum atomic E-state index is 12.2. The number of nitrogens with one attached hydrogen (secondary N) is 1. The van der Waals surface area contributed by atoms with Crippen molar-refractivity contribution in [3.8, 4) is 0 Å². The van der Waals surface area contributed by atoms with Crippen LogP contribution < -0.4 is 5.32 Å². The summed E-state index contributed by atoms with van der Waals surface area (Å²) >= 11 is 12.3. The van der Waals surface area contributed by atoms with Crippen molar-refractivity contribution >= 4 is 40.5 Å². The van der Waals surface area contributed by atoms with E-state index in [1.165, 1.54) is 0 Å². The molecule has 2 rings (SSSR count). The van der Waals surface area contributed by atoms with Crippen molar-refractivity contribution in [2.24, 2.45) is 0 Å². The van der Waals surface area contributed by atoms with Crippen LogP contribution >= 0.6 is 23.2 Å². The Bertz CT molecular complexity index is 907. The van der Waals surface area contributed by atoms with Gasteiger partial charge in [-0.05, 0) is 23.8 Å². The Morgan fingerprint density at radius 3 is 2.30 bits per heavy atom. The van der Waals surface area contributed by atoms with Crippen LogP contribution in [0.4, 0.5) is 11.4 Å². The van der Waals surface area contributed by atoms with E-state index in [4.69, 9.17) is 27.9 Å². The molecule has 160 valence electrons. The van der Waals surface area contributed by atoms with Gasteiger partial charge in [0.2, 0.25) is 0 Å². The lowest BCUT2D eigenvalue weighted by atomic mass is 10.1. The summed E-state index contributed by atoms with van der Waals surface area (Å²) in [5, 5.41) is 22.2. The third-order valence-corrected chi connectivity index (χ3v) is 4.24. The molecule has 0 aliphatic rings. The molecule has 0 fully saturated rings. The molecule has 2 aromatic carbocycles. The lowest BCUT2D eigenvalue weighted by Crippen LogP contribution is -2.30. The molecule has 0 aliphatic heterocycles. The number of carbonyl (C=O) groups is 1. The number of hydrogen-bond donors (Lipinski definition) is 1. The maximum absolute atomic E-state index is 12.2. The van der Waals surface area contributed by atoms with Crippen molar-refractivity contribution in [2.45, 2.75) is 12.5 Å². The standard InChI is InChI=1S/C17H15Cl2N3O8/c18-13-5-3-6-14(19)17(13)20-15-7-2-1-4-11(15)8-16(23)28-9-12(30-22(26)27)10-29-21(24)25/h1-7,12,20H,8-10H2. The minimum absolute atomic E-state index is 0.202. The highest BCUT2D eigenvalue weighted by Gasteiger charge is 2.19. The van der Waals surface area contributed by atoms with Gasteiger partial charge < -0.3 is 19.7 Å². The summed E-state index contributed by atoms with van der Waals surface area (Å²) in [4.78, 5) is 41.1. The average Bonchev–Trinajstić information content (AvgIpc) is 2.68. The van der Waals surface area contributed by atoms with Crippen molar-refractivity contribution < 1.29 is 29.4 Å². The second-order valence-electron chi connectivity index (χ2n) is 5.71. The van der Waals surface area contributed by atoms with Crippen LogP contribution in [0.1, 0.15) is 5.56 Å². The number of hydrogen-bond acceptors (Lipinski definition) is 9. The number of benzene rings is 2. The Balaban J connectivity index is 2.03. The fraction of sp³-hybridized carbons (Fsp3) is 0.235. The lowest BCUT2D eigenvalue weighted by Gasteiger charge is -2.16. The van der Waals surface area contributed by atoms with Crippen LogP contribution in [0.2, 0.25) is 10.0 Å². The maximum Gasteiger partial charge on any atom is 0.310 e. The van der Waals surface area contributed by atoms with E-state index in [0.29, 0.717) is 27.0 Å². The van der Waals surface area contributed by atoms with Gasteiger partial charge in [-0.15, -0.1) is 20.2 Å². The van der Waals surface area contributed by atoms with Gasteiger partial charge in [-0.2, -0.15) is 0 Å². The predicted molar refractivity (Wildman–Crippen MR) is 106 cm³/mol. The Labute approximate surface area is 179 Å². The van der Waals surface area contributed by atoms with Crippen LogP contribution in [0.25, 0.3) is 0 Å². The summed E-state index contributed by atoms with van der Waals surface area (Å²) < 4.78 is 4.94. The quantitative estimate of drug-likeness (QED) is 0.302. The number of esters is 1. The number of anilines is 2. The highest BCUT2D eigenvalue weighted by molar-refractivity contribution is 6.39. The third kappa shape index (κ3) is 7.26. The molecule has 0 radical (unpaired) electrons. The van der Waals surface area contributed by atoms with Crippen LogP contribution in [0, 0.1) is 20.2 Å². The first kappa shape index (κ1) is 23.0. The van der Waals surface area contributed by atoms with Gasteiger partial charge in [0.25, 0.3) is 10.2 Å². The lowest BCUT2D eigenvalue weighted by molar-refractivity contribution is -0.790. The first-order valence-electron chi connectivity index (χ1n) is 8.29. The number of carbonyl (C=O) groups excluding carboxylic acids is 1. The number of halogens is 2. The SMILES string of the molecule is O=C(Cc1ccccc1Nc1c(Cl)cccc1Cl)OCC(CO[N+](=O)[O-])O[N+](=O)[O-]. The second kappa shape index (κ2) is 11.0. The number of para-hydroxylation sites is 2. The molecular weight excluding hydrogens is 445 g/mol. The summed E-state index contributed by atoms with van der Waals surface area (Å²) in [5.74, 6) is -0.743. The van der Waals surface area contributed by atoms with E-state index >= 15 is 0 Å². The topological polar surface area (TPSA) is 143 Å². The Hall–Kier alpha value is -3.31. The van der Waals surface area contributed by atoms with E-state index in [1.807, 2.05) is 0 Å². The van der Waals surface area contributed by atoms with Gasteiger partial charge in [-0.3, -0.25) is 4.79 Å². The summed E-state index contributed by atoms with van der Waals surface area (Å²) in [6, 6.07) is 11.8. The first-order chi connectivity index (χ1) is 14.3. The Kier molecular flexibility index (Phi) is 8.44. The predicted octanol–water partition coefficient (Wildman–Crippen LogP) is 3.61. The van der Waals surface area contributed by atoms with Crippen LogP contribution in [0.5, 0.6) is 0 Å². The molecule has 1 unspecified atom stereocenters. The molecule has 2 aromatic rings. The molecule has 0 aliphatic carbocycles. The van der Waals surface area contributed by atoms with Gasteiger partial charge in [0, 0.05) is 5.69 Å². The molecule has 0 heterocycles. The molecule has 30 heavy (non-hydrogen) atoms. The summed E-state index contributed by atoms with van der Waals surface area (Å²) in [6.45, 7) is -1.38. The van der Waals surface area contributed by atoms with E-state index in [1.54, 1.807) is 42.5 Å². The highest BCUT2D eigenvalue weighted by Crippen LogP contribution is 2.33. The fourth-order valence-corrected chi connectivity index (χ4v) is 2.81. The van der Waals surface area contributed by atoms with Gasteiger partial charge in [0.05, 0.1) is 22.2 Å². The Morgan fingerprint density at radius 1 is 1.00 bits per heavy atom. The zero-order valence-corrected chi connectivity index (χ0v) is 16.7. The highest BCUT2D eigenvalue weighted by atomic mass is 35.5. The van der Waals surface area contributed by atoms with E-state index in [2.05, 4.69) is 15.0 Å². The van der Waals surface area contributed by atoms with Crippen molar-refractivity contribution in [2.75, 3.05) is 18.5 Å². The molecule has 13 heteroatoms. The summed E-state index contributed by atoms with van der Waals surface area (Å²) in [5.41, 5.74) is 1.53. The van der Waals surface area contributed by atoms with Gasteiger partial charge in [0.1, 0.15) is 13.2 Å². The molecule has 11 nitrogen and oxygen atoms in total. The average molecular weight is 460 g/mol. The zero-order chi connectivity index (χ0) is 22.1. The number of rotatable bonds is 11. The molecule has 0 spiro atoms. The van der Waals surface area contributed by atoms with E-state index in [-0.39, 0.29) is 6.42 Å². The van der Waals surface area contributed by atoms with Gasteiger partial charge in [-0.25, -0.2) is 0 Å². The molecule has 0 amide bonds. The molecule has 1 atom stereocenters. The minimum atomic E-state index is -1.45. The summed E-state index contributed by atoms with van der Waals surface area (Å²) in [6.07, 6.45) is -1.66. The fourth-order valence-electron chi connectivity index (χ4n) is 2.32. The first-order valence-corrected chi connectivity index (χ1v) is 9.05. The van der Waals surface area contributed by atoms with Crippen LogP contribution in [-0.2, 0) is 25.6 Å². The molecule has 0 bridgehead atoms. The zero-order valence-electron chi connectivity index (χ0n) is 15.2. The van der Waals surface area contributed by atoms with Crippen molar-refractivity contribution in [3.05, 3.63) is 78.3 Å². The van der Waals surface area contributed by atoms with Gasteiger partial charge >= 0.3 is 5.97 Å². The molecule has 0 aromatic heterocycles. The van der Waals surface area contributed by atoms with Crippen molar-refractivity contribution in [1.82, 2.24) is 0 Å². The van der Waals surface area contributed by atoms with Crippen LogP contribution in [-0.4, -0.2) is 35.5 Å². The van der Waals surface area contributed by atoms with E-state index < -0.39 is 35.5 Å². The van der Waals surface area contributed by atoms with Crippen LogP contribution in [0.3, 0.4) is 0 Å². The smallest absolute Gasteiger partial charge is 0.310 e. The van der Waals surface area contributed by atoms with Crippen LogP contribution in [0.15, 0.2) is 42.5 Å². The minimum Gasteiger partial charge on any atom is -0.463 e. The normalized spacial score (nSPS) is 11.3. The molecular formula is C17H15Cl2N3O8. The third-order valence-electron chi connectivity index (χ3n) is 3.61. The Morgan fingerprint density at radius 2 is 1.67 bits per heavy atom. The monoisotopic (exact) mass is 459 g/mol. The largest absolute Gasteiger partial charge is 0.463 e. The van der Waals surface area contributed by atoms with E-state index in [0.717, 1.165) is 0 Å². The van der Waals surface area contributed by atoms with Crippen molar-refractivity contribution in [3.63, 3.8) is 0 Å². The number of ether oxygens (including phenoxy) is 1. The van der Waals surface area contributed by atoms with Gasteiger partial charge in [-0.1, -0.05) is 47.5 Å². The van der Waals surface area contributed by atoms with E-state index in [9.17, 15) is 25.0 Å². The molecule has 0 saturated carbocycles. The van der Waals surface area contributed by atoms with Gasteiger partial charge in [0.15, 0.2) is 6.10 Å².